The number of aliphatic carboxylic acids is 3. The molecule has 0 spiro atoms. The zero-order valence-corrected chi connectivity index (χ0v) is 15.9. The van der Waals surface area contributed by atoms with Crippen LogP contribution < -0.4 is 0 Å². The molecule has 0 radical (unpaired) electrons. The second kappa shape index (κ2) is 13.2. The van der Waals surface area contributed by atoms with Crippen molar-refractivity contribution in [3.8, 4) is 0 Å². The van der Waals surface area contributed by atoms with Crippen molar-refractivity contribution in [3.05, 3.63) is 59.8 Å². The highest BCUT2D eigenvalue weighted by Gasteiger charge is 2.14. The van der Waals surface area contributed by atoms with E-state index in [2.05, 4.69) is 34.6 Å². The topological polar surface area (TPSA) is 174 Å². The summed E-state index contributed by atoms with van der Waals surface area (Å²) in [5.74, 6) is -5.84. The largest absolute Gasteiger partial charge is 0.478 e. The summed E-state index contributed by atoms with van der Waals surface area (Å²) in [5.41, 5.74) is -0.893. The summed E-state index contributed by atoms with van der Waals surface area (Å²) in [6.07, 6.45) is 1.85. The van der Waals surface area contributed by atoms with Crippen LogP contribution in [0.3, 0.4) is 0 Å². The average molecular weight is 412 g/mol. The molecule has 0 aromatic carbocycles. The molecule has 11 heteroatoms. The van der Waals surface area contributed by atoms with Crippen LogP contribution in [0.5, 0.6) is 0 Å². The molecule has 29 heavy (non-hydrogen) atoms. The molecular weight excluding hydrogens is 392 g/mol. The predicted molar refractivity (Wildman–Crippen MR) is 96.8 cm³/mol. The maximum absolute atomic E-state index is 11.3. The van der Waals surface area contributed by atoms with Gasteiger partial charge in [0.1, 0.15) is 0 Å². The lowest BCUT2D eigenvalue weighted by Gasteiger charge is -2.03. The predicted octanol–water partition coefficient (Wildman–Crippen LogP) is 1.74. The number of carbonyl (C=O) groups excluding carboxylic acids is 2. The number of carboxylic acids is 3. The van der Waals surface area contributed by atoms with Crippen LogP contribution in [0, 0.1) is 0 Å². The molecule has 158 valence electrons. The van der Waals surface area contributed by atoms with E-state index >= 15 is 0 Å². The van der Waals surface area contributed by atoms with Crippen molar-refractivity contribution >= 4 is 29.8 Å². The molecule has 0 aliphatic rings. The van der Waals surface area contributed by atoms with Gasteiger partial charge in [-0.3, -0.25) is 9.78 Å². The maximum Gasteiger partial charge on any atom is 0.376 e. The van der Waals surface area contributed by atoms with Crippen molar-refractivity contribution < 1.29 is 54.1 Å². The molecule has 0 aliphatic heterocycles. The maximum atomic E-state index is 11.3. The van der Waals surface area contributed by atoms with Crippen molar-refractivity contribution in [2.24, 2.45) is 0 Å². The number of hydrogen-bond donors (Lipinski definition) is 3. The molecule has 0 saturated carbocycles. The van der Waals surface area contributed by atoms with Crippen LogP contribution in [0.4, 0.5) is 0 Å². The number of carbonyl (C=O) groups is 5. The van der Waals surface area contributed by atoms with Crippen LogP contribution in [-0.2, 0) is 38.8 Å². The van der Waals surface area contributed by atoms with Crippen molar-refractivity contribution in [1.29, 1.82) is 0 Å². The molecule has 0 aromatic heterocycles. The zero-order chi connectivity index (χ0) is 23.3. The number of hydrogen-bond acceptors (Lipinski definition) is 8. The summed E-state index contributed by atoms with van der Waals surface area (Å²) in [4.78, 5) is 61.5. The fourth-order valence-electron chi connectivity index (χ4n) is 0.950. The van der Waals surface area contributed by atoms with Gasteiger partial charge in [0.15, 0.2) is 0 Å². The Morgan fingerprint density at radius 2 is 0.931 bits per heavy atom. The Morgan fingerprint density at radius 3 is 1.14 bits per heavy atom. The Morgan fingerprint density at radius 1 is 0.655 bits per heavy atom. The van der Waals surface area contributed by atoms with Crippen molar-refractivity contribution in [3.63, 3.8) is 0 Å². The second-order valence-corrected chi connectivity index (χ2v) is 5.21. The minimum atomic E-state index is -1.26. The fourth-order valence-corrected chi connectivity index (χ4v) is 0.950. The van der Waals surface area contributed by atoms with Crippen LogP contribution in [0.2, 0.25) is 0 Å². The molecular formula is C18H20O11. The van der Waals surface area contributed by atoms with Gasteiger partial charge < -0.3 is 15.3 Å². The Bertz CT molecular complexity index is 731. The van der Waals surface area contributed by atoms with E-state index in [1.165, 1.54) is 20.8 Å². The molecule has 11 nitrogen and oxygen atoms in total. The van der Waals surface area contributed by atoms with Gasteiger partial charge >= 0.3 is 29.8 Å². The summed E-state index contributed by atoms with van der Waals surface area (Å²) in [6, 6.07) is 0. The van der Waals surface area contributed by atoms with E-state index in [0.29, 0.717) is 0 Å². The van der Waals surface area contributed by atoms with Crippen LogP contribution in [0.1, 0.15) is 20.8 Å². The highest BCUT2D eigenvalue weighted by Crippen LogP contribution is 2.06. The molecule has 3 N–H and O–H groups in total. The first-order valence-corrected chi connectivity index (χ1v) is 7.40. The summed E-state index contributed by atoms with van der Waals surface area (Å²) in [5, 5.41) is 29.0. The zero-order valence-electron chi connectivity index (χ0n) is 15.9. The van der Waals surface area contributed by atoms with E-state index in [0.717, 1.165) is 12.2 Å². The lowest BCUT2D eigenvalue weighted by molar-refractivity contribution is -0.456. The van der Waals surface area contributed by atoms with Crippen LogP contribution in [0.15, 0.2) is 59.8 Å². The van der Waals surface area contributed by atoms with Gasteiger partial charge in [-0.15, -0.1) is 0 Å². The monoisotopic (exact) mass is 412 g/mol. The Kier molecular flexibility index (Phi) is 12.4. The van der Waals surface area contributed by atoms with Crippen LogP contribution in [0.25, 0.3) is 0 Å². The third kappa shape index (κ3) is 12.9. The standard InChI is InChI=1S/C14H14O9.C4H6O2/c1-7(11(15)16)5-9(3)13(19)21-23-22-14(20)10(4)6-8(2)12(17)18;1-3(2)4(5)6/h5-6H,3-4H2,1-2H3,(H,15,16)(H,17,18);1H2,2H3,(H,5,6). The van der Waals surface area contributed by atoms with Crippen molar-refractivity contribution in [1.82, 2.24) is 0 Å². The van der Waals surface area contributed by atoms with E-state index in [1.54, 1.807) is 0 Å². The normalized spacial score (nSPS) is 10.6. The SMILES string of the molecule is C=C(C)C(=O)O.C=C(C=C(C)C(=O)O)C(=O)OOOC(=O)C(=C)C=C(C)C(=O)O. The Hall–Kier alpha value is -3.99. The molecule has 0 aromatic rings. The van der Waals surface area contributed by atoms with Gasteiger partial charge in [0.05, 0.1) is 11.1 Å². The lowest BCUT2D eigenvalue weighted by atomic mass is 10.2. The molecule has 0 saturated heterocycles. The minimum absolute atomic E-state index is 0.174. The van der Waals surface area contributed by atoms with E-state index in [1.807, 2.05) is 0 Å². The third-order valence-electron chi connectivity index (χ3n) is 2.57. The van der Waals surface area contributed by atoms with Crippen LogP contribution >= 0.6 is 0 Å². The third-order valence-corrected chi connectivity index (χ3v) is 2.57. The smallest absolute Gasteiger partial charge is 0.376 e. The van der Waals surface area contributed by atoms with Crippen molar-refractivity contribution in [2.75, 3.05) is 0 Å². The highest BCUT2D eigenvalue weighted by molar-refractivity contribution is 5.95. The van der Waals surface area contributed by atoms with Crippen LogP contribution in [-0.4, -0.2) is 45.2 Å². The van der Waals surface area contributed by atoms with Gasteiger partial charge in [0.25, 0.3) is 0 Å². The molecule has 0 amide bonds. The van der Waals surface area contributed by atoms with Gasteiger partial charge in [-0.25, -0.2) is 24.0 Å². The second-order valence-electron chi connectivity index (χ2n) is 5.21. The fraction of sp³-hybridized carbons (Fsp3) is 0.167. The molecule has 0 aliphatic carbocycles. The van der Waals surface area contributed by atoms with E-state index in [-0.39, 0.29) is 27.9 Å². The first kappa shape index (κ1) is 27.2. The minimum Gasteiger partial charge on any atom is -0.478 e. The quantitative estimate of drug-likeness (QED) is 0.218. The van der Waals surface area contributed by atoms with Gasteiger partial charge in [0, 0.05) is 21.8 Å². The van der Waals surface area contributed by atoms with Crippen molar-refractivity contribution in [2.45, 2.75) is 20.8 Å². The molecule has 0 heterocycles. The molecule has 0 fully saturated rings. The average Bonchev–Trinajstić information content (AvgIpc) is 2.61. The summed E-state index contributed by atoms with van der Waals surface area (Å²) < 4.78 is 0. The van der Waals surface area contributed by atoms with E-state index in [9.17, 15) is 24.0 Å². The first-order valence-electron chi connectivity index (χ1n) is 7.40. The Labute approximate surface area is 165 Å². The van der Waals surface area contributed by atoms with Gasteiger partial charge in [0.2, 0.25) is 0 Å². The van der Waals surface area contributed by atoms with Gasteiger partial charge in [-0.1, -0.05) is 19.7 Å². The van der Waals surface area contributed by atoms with Gasteiger partial charge in [-0.2, -0.15) is 0 Å². The Balaban J connectivity index is 0. The summed E-state index contributed by atoms with van der Waals surface area (Å²) in [7, 11) is 0. The summed E-state index contributed by atoms with van der Waals surface area (Å²) >= 11 is 0. The molecule has 0 atom stereocenters. The first-order chi connectivity index (χ1) is 13.2. The lowest BCUT2D eigenvalue weighted by Crippen LogP contribution is -2.13. The molecule has 0 bridgehead atoms. The molecule has 0 unspecified atom stereocenters. The van der Waals surface area contributed by atoms with Gasteiger partial charge in [-0.05, 0) is 32.9 Å². The number of carboxylic acid groups (broad SMARTS) is 3. The highest BCUT2D eigenvalue weighted by atomic mass is 17.5. The number of rotatable bonds is 9. The van der Waals surface area contributed by atoms with E-state index < -0.39 is 29.8 Å². The summed E-state index contributed by atoms with van der Waals surface area (Å²) in [6.45, 7) is 13.5. The molecule has 0 rings (SSSR count). The van der Waals surface area contributed by atoms with E-state index in [4.69, 9.17) is 15.3 Å².